The number of rotatable bonds is 2. The predicted octanol–water partition coefficient (Wildman–Crippen LogP) is 2.33. The lowest BCUT2D eigenvalue weighted by Gasteiger charge is -2.08. The quantitative estimate of drug-likeness (QED) is 0.719. The number of carbonyl (C=O) groups excluding carboxylic acids is 1. The Labute approximate surface area is 110 Å². The highest BCUT2D eigenvalue weighted by Crippen LogP contribution is 2.27. The summed E-state index contributed by atoms with van der Waals surface area (Å²) in [6.45, 7) is 0. The van der Waals surface area contributed by atoms with Crippen LogP contribution < -0.4 is 5.32 Å². The summed E-state index contributed by atoms with van der Waals surface area (Å²) in [6, 6.07) is 10.8. The van der Waals surface area contributed by atoms with Crippen LogP contribution in [0.1, 0.15) is 15.9 Å². The van der Waals surface area contributed by atoms with Crippen LogP contribution >= 0.6 is 0 Å². The van der Waals surface area contributed by atoms with Gasteiger partial charge in [0.2, 0.25) is 0 Å². The first kappa shape index (κ1) is 12.5. The predicted molar refractivity (Wildman–Crippen MR) is 72.1 cm³/mol. The van der Waals surface area contributed by atoms with Crippen LogP contribution in [-0.4, -0.2) is 16.1 Å². The molecule has 2 rings (SSSR count). The minimum absolute atomic E-state index is 0.173. The maximum atomic E-state index is 12.0. The van der Waals surface area contributed by atoms with Gasteiger partial charge in [-0.1, -0.05) is 18.1 Å². The molecule has 0 bridgehead atoms. The van der Waals surface area contributed by atoms with Crippen molar-refractivity contribution in [3.8, 4) is 23.8 Å². The molecule has 1 amide bonds. The summed E-state index contributed by atoms with van der Waals surface area (Å²) in [5.41, 5.74) is 0.941. The summed E-state index contributed by atoms with van der Waals surface area (Å²) < 4.78 is 0. The number of terminal acetylenes is 1. The number of hydrogen-bond acceptors (Lipinski definition) is 3. The van der Waals surface area contributed by atoms with Gasteiger partial charge in [0, 0.05) is 11.3 Å². The molecule has 0 unspecified atom stereocenters. The number of carbonyl (C=O) groups is 1. The Morgan fingerprint density at radius 1 is 1.11 bits per heavy atom. The molecule has 0 aromatic heterocycles. The molecular formula is C15H11NO3. The molecular weight excluding hydrogens is 242 g/mol. The van der Waals surface area contributed by atoms with E-state index in [1.807, 2.05) is 0 Å². The largest absolute Gasteiger partial charge is 0.507 e. The van der Waals surface area contributed by atoms with Gasteiger partial charge in [-0.3, -0.25) is 4.79 Å². The van der Waals surface area contributed by atoms with Crippen molar-refractivity contribution in [3.05, 3.63) is 53.6 Å². The Hall–Kier alpha value is -2.93. The number of nitrogens with one attached hydrogen (secondary N) is 1. The fourth-order valence-electron chi connectivity index (χ4n) is 1.64. The summed E-state index contributed by atoms with van der Waals surface area (Å²) in [5, 5.41) is 21.7. The fraction of sp³-hybridized carbons (Fsp3) is 0. The van der Waals surface area contributed by atoms with Gasteiger partial charge in [0.05, 0.1) is 0 Å². The zero-order valence-corrected chi connectivity index (χ0v) is 9.92. The van der Waals surface area contributed by atoms with E-state index < -0.39 is 5.91 Å². The highest BCUT2D eigenvalue weighted by Gasteiger charge is 2.15. The van der Waals surface area contributed by atoms with Gasteiger partial charge in [-0.25, -0.2) is 0 Å². The first-order valence-corrected chi connectivity index (χ1v) is 5.51. The van der Waals surface area contributed by atoms with E-state index in [2.05, 4.69) is 11.2 Å². The molecule has 3 N–H and O–H groups in total. The van der Waals surface area contributed by atoms with E-state index in [1.54, 1.807) is 24.3 Å². The molecule has 0 spiro atoms. The van der Waals surface area contributed by atoms with E-state index in [-0.39, 0.29) is 17.1 Å². The Bertz CT molecular complexity index is 651. The number of amides is 1. The van der Waals surface area contributed by atoms with Gasteiger partial charge in [0.1, 0.15) is 17.1 Å². The average Bonchev–Trinajstić information content (AvgIpc) is 2.38. The maximum absolute atomic E-state index is 12.0. The zero-order valence-electron chi connectivity index (χ0n) is 9.92. The molecule has 94 valence electrons. The van der Waals surface area contributed by atoms with Crippen LogP contribution in [0.3, 0.4) is 0 Å². The second-order valence-corrected chi connectivity index (χ2v) is 3.85. The van der Waals surface area contributed by atoms with Crippen molar-refractivity contribution in [2.45, 2.75) is 0 Å². The summed E-state index contributed by atoms with van der Waals surface area (Å²) in [5.74, 6) is 1.27. The van der Waals surface area contributed by atoms with Crippen LogP contribution in [0.15, 0.2) is 42.5 Å². The SMILES string of the molecule is C#Cc1cccc(NC(=O)c2c(O)cccc2O)c1. The Morgan fingerprint density at radius 2 is 1.74 bits per heavy atom. The summed E-state index contributed by atoms with van der Waals surface area (Å²) in [4.78, 5) is 12.0. The van der Waals surface area contributed by atoms with Crippen LogP contribution in [-0.2, 0) is 0 Å². The number of anilines is 1. The van der Waals surface area contributed by atoms with Crippen LogP contribution in [0.25, 0.3) is 0 Å². The van der Waals surface area contributed by atoms with Gasteiger partial charge in [-0.2, -0.15) is 0 Å². The Morgan fingerprint density at radius 3 is 2.37 bits per heavy atom. The van der Waals surface area contributed by atoms with Crippen molar-refractivity contribution < 1.29 is 15.0 Å². The molecule has 0 aliphatic carbocycles. The van der Waals surface area contributed by atoms with Crippen LogP contribution in [0, 0.1) is 12.3 Å². The van der Waals surface area contributed by atoms with E-state index in [9.17, 15) is 15.0 Å². The lowest BCUT2D eigenvalue weighted by molar-refractivity contribution is 0.102. The van der Waals surface area contributed by atoms with E-state index >= 15 is 0 Å². The molecule has 0 fully saturated rings. The third-order valence-corrected chi connectivity index (χ3v) is 2.53. The molecule has 0 radical (unpaired) electrons. The molecule has 0 saturated carbocycles. The standard InChI is InChI=1S/C15H11NO3/c1-2-10-5-3-6-11(9-10)16-15(19)14-12(17)7-4-8-13(14)18/h1,3-9,17-18H,(H,16,19). The highest BCUT2D eigenvalue weighted by atomic mass is 16.3. The number of phenolic OH excluding ortho intramolecular Hbond substituents is 2. The Kier molecular flexibility index (Phi) is 3.39. The number of hydrogen-bond donors (Lipinski definition) is 3. The average molecular weight is 253 g/mol. The Balaban J connectivity index is 2.29. The van der Waals surface area contributed by atoms with E-state index in [0.717, 1.165) is 0 Å². The second-order valence-electron chi connectivity index (χ2n) is 3.85. The van der Waals surface area contributed by atoms with Crippen molar-refractivity contribution >= 4 is 11.6 Å². The van der Waals surface area contributed by atoms with Crippen LogP contribution in [0.2, 0.25) is 0 Å². The van der Waals surface area contributed by atoms with Crippen molar-refractivity contribution in [1.29, 1.82) is 0 Å². The van der Waals surface area contributed by atoms with Crippen molar-refractivity contribution in [1.82, 2.24) is 0 Å². The zero-order chi connectivity index (χ0) is 13.8. The molecule has 2 aromatic rings. The molecule has 0 aliphatic rings. The van der Waals surface area contributed by atoms with Crippen LogP contribution in [0.4, 0.5) is 5.69 Å². The van der Waals surface area contributed by atoms with Gasteiger partial charge in [-0.05, 0) is 30.3 Å². The van der Waals surface area contributed by atoms with E-state index in [1.165, 1.54) is 18.2 Å². The minimum atomic E-state index is -0.607. The summed E-state index contributed by atoms with van der Waals surface area (Å²) >= 11 is 0. The topological polar surface area (TPSA) is 69.6 Å². The first-order valence-electron chi connectivity index (χ1n) is 5.51. The first-order chi connectivity index (χ1) is 9.11. The smallest absolute Gasteiger partial charge is 0.263 e. The maximum Gasteiger partial charge on any atom is 0.263 e. The van der Waals surface area contributed by atoms with Gasteiger partial charge in [0.15, 0.2) is 0 Å². The summed E-state index contributed by atoms with van der Waals surface area (Å²) in [7, 11) is 0. The van der Waals surface area contributed by atoms with Crippen LogP contribution in [0.5, 0.6) is 11.5 Å². The third-order valence-electron chi connectivity index (χ3n) is 2.53. The highest BCUT2D eigenvalue weighted by molar-refractivity contribution is 6.08. The molecule has 4 heteroatoms. The lowest BCUT2D eigenvalue weighted by Crippen LogP contribution is -2.12. The normalized spacial score (nSPS) is 9.63. The molecule has 0 atom stereocenters. The molecule has 0 saturated heterocycles. The molecule has 0 heterocycles. The molecule has 4 nitrogen and oxygen atoms in total. The van der Waals surface area contributed by atoms with Crippen molar-refractivity contribution in [2.24, 2.45) is 0 Å². The van der Waals surface area contributed by atoms with Gasteiger partial charge in [0.25, 0.3) is 5.91 Å². The summed E-state index contributed by atoms with van der Waals surface area (Å²) in [6.07, 6.45) is 5.27. The van der Waals surface area contributed by atoms with E-state index in [4.69, 9.17) is 6.42 Å². The van der Waals surface area contributed by atoms with Gasteiger partial charge >= 0.3 is 0 Å². The van der Waals surface area contributed by atoms with Gasteiger partial charge < -0.3 is 15.5 Å². The van der Waals surface area contributed by atoms with E-state index in [0.29, 0.717) is 11.3 Å². The van der Waals surface area contributed by atoms with Crippen molar-refractivity contribution in [2.75, 3.05) is 5.32 Å². The minimum Gasteiger partial charge on any atom is -0.507 e. The number of aromatic hydroxyl groups is 2. The molecule has 0 aliphatic heterocycles. The number of phenols is 2. The molecule has 19 heavy (non-hydrogen) atoms. The number of benzene rings is 2. The fourth-order valence-corrected chi connectivity index (χ4v) is 1.64. The van der Waals surface area contributed by atoms with Gasteiger partial charge in [-0.15, -0.1) is 6.42 Å². The molecule has 2 aromatic carbocycles. The monoisotopic (exact) mass is 253 g/mol. The van der Waals surface area contributed by atoms with Crippen molar-refractivity contribution in [3.63, 3.8) is 0 Å². The lowest BCUT2D eigenvalue weighted by atomic mass is 10.1. The second kappa shape index (κ2) is 5.15. The third kappa shape index (κ3) is 2.67.